The molecule has 7 nitrogen and oxygen atoms in total. The topological polar surface area (TPSA) is 96.3 Å². The summed E-state index contributed by atoms with van der Waals surface area (Å²) in [6.07, 6.45) is 5.28. The van der Waals surface area contributed by atoms with Crippen molar-refractivity contribution in [2.45, 2.75) is 6.92 Å². The molecular weight excluding hydrogens is 284 g/mol. The maximum absolute atomic E-state index is 11.7. The van der Waals surface area contributed by atoms with Gasteiger partial charge in [0, 0.05) is 17.3 Å². The maximum Gasteiger partial charge on any atom is 0.320 e. The molecule has 3 N–H and O–H groups in total. The van der Waals surface area contributed by atoms with E-state index in [2.05, 4.69) is 27.0 Å². The number of benzene rings is 1. The fourth-order valence-corrected chi connectivity index (χ4v) is 1.64. The predicted molar refractivity (Wildman–Crippen MR) is 81.3 cm³/mol. The van der Waals surface area contributed by atoms with Crippen LogP contribution in [0.3, 0.4) is 0 Å². The average Bonchev–Trinajstić information content (AvgIpc) is 2.90. The van der Waals surface area contributed by atoms with Gasteiger partial charge in [0.05, 0.1) is 6.54 Å². The van der Waals surface area contributed by atoms with Gasteiger partial charge in [-0.25, -0.2) is 4.79 Å². The first-order valence-corrected chi connectivity index (χ1v) is 6.41. The molecule has 112 valence electrons. The molecule has 0 saturated heterocycles. The van der Waals surface area contributed by atoms with E-state index in [0.717, 1.165) is 0 Å². The van der Waals surface area contributed by atoms with Gasteiger partial charge >= 0.3 is 6.03 Å². The van der Waals surface area contributed by atoms with Crippen LogP contribution in [0.15, 0.2) is 34.9 Å². The number of aryl methyl sites for hydroxylation is 1. The summed E-state index contributed by atoms with van der Waals surface area (Å²) in [5.41, 5.74) is 1.22. The lowest BCUT2D eigenvalue weighted by molar-refractivity contribution is -0.115. The third kappa shape index (κ3) is 4.38. The molecule has 0 aliphatic rings. The van der Waals surface area contributed by atoms with Crippen LogP contribution in [-0.2, 0) is 4.79 Å². The van der Waals surface area contributed by atoms with Crippen molar-refractivity contribution in [3.05, 3.63) is 41.7 Å². The third-order valence-electron chi connectivity index (χ3n) is 2.59. The van der Waals surface area contributed by atoms with Crippen molar-refractivity contribution in [1.82, 2.24) is 10.5 Å². The van der Waals surface area contributed by atoms with E-state index in [1.807, 2.05) is 0 Å². The van der Waals surface area contributed by atoms with Crippen LogP contribution in [0.4, 0.5) is 16.3 Å². The maximum atomic E-state index is 11.7. The second kappa shape index (κ2) is 6.95. The van der Waals surface area contributed by atoms with E-state index in [0.29, 0.717) is 17.0 Å². The lowest BCUT2D eigenvalue weighted by Crippen LogP contribution is -2.35. The fourth-order valence-electron chi connectivity index (χ4n) is 1.64. The summed E-state index contributed by atoms with van der Waals surface area (Å²) in [6.45, 7) is 1.51. The molecule has 1 aromatic carbocycles. The highest BCUT2D eigenvalue weighted by Crippen LogP contribution is 2.09. The molecule has 0 aliphatic carbocycles. The number of hydrogen-bond acceptors (Lipinski definition) is 4. The van der Waals surface area contributed by atoms with E-state index < -0.39 is 6.03 Å². The SMILES string of the molecule is C#Cc1cccc(NC(=O)CNC(=O)Nc2cc(C)on2)c1. The Morgan fingerprint density at radius 1 is 1.32 bits per heavy atom. The van der Waals surface area contributed by atoms with Crippen LogP contribution < -0.4 is 16.0 Å². The van der Waals surface area contributed by atoms with Crippen LogP contribution in [0.25, 0.3) is 0 Å². The van der Waals surface area contributed by atoms with Crippen molar-refractivity contribution >= 4 is 23.4 Å². The molecule has 0 unspecified atom stereocenters. The molecule has 0 bridgehead atoms. The molecule has 2 rings (SSSR count). The highest BCUT2D eigenvalue weighted by atomic mass is 16.5. The van der Waals surface area contributed by atoms with Gasteiger partial charge in [0.2, 0.25) is 5.91 Å². The Morgan fingerprint density at radius 2 is 2.14 bits per heavy atom. The van der Waals surface area contributed by atoms with Crippen LogP contribution in [0.2, 0.25) is 0 Å². The number of aromatic nitrogens is 1. The Kier molecular flexibility index (Phi) is 4.78. The van der Waals surface area contributed by atoms with Crippen LogP contribution in [0.5, 0.6) is 0 Å². The van der Waals surface area contributed by atoms with E-state index in [4.69, 9.17) is 10.9 Å². The Labute approximate surface area is 127 Å². The van der Waals surface area contributed by atoms with Crippen LogP contribution in [0, 0.1) is 19.3 Å². The Hall–Kier alpha value is -3.27. The number of urea groups is 1. The minimum Gasteiger partial charge on any atom is -0.360 e. The van der Waals surface area contributed by atoms with Gasteiger partial charge in [-0.3, -0.25) is 10.1 Å². The molecule has 0 atom stereocenters. The fraction of sp³-hybridized carbons (Fsp3) is 0.133. The van der Waals surface area contributed by atoms with Crippen molar-refractivity contribution in [3.8, 4) is 12.3 Å². The highest BCUT2D eigenvalue weighted by molar-refractivity contribution is 5.96. The Bertz CT molecular complexity index is 730. The minimum atomic E-state index is -0.555. The molecule has 3 amide bonds. The van der Waals surface area contributed by atoms with Crippen LogP contribution in [0.1, 0.15) is 11.3 Å². The molecule has 2 aromatic rings. The van der Waals surface area contributed by atoms with Crippen molar-refractivity contribution in [3.63, 3.8) is 0 Å². The van der Waals surface area contributed by atoms with Crippen LogP contribution >= 0.6 is 0 Å². The zero-order valence-corrected chi connectivity index (χ0v) is 11.8. The van der Waals surface area contributed by atoms with E-state index >= 15 is 0 Å². The smallest absolute Gasteiger partial charge is 0.320 e. The molecular formula is C15H14N4O3. The van der Waals surface area contributed by atoms with E-state index in [1.54, 1.807) is 37.3 Å². The minimum absolute atomic E-state index is 0.192. The summed E-state index contributed by atoms with van der Waals surface area (Å²) in [5.74, 6) is 2.94. The first-order chi connectivity index (χ1) is 10.6. The second-order valence-corrected chi connectivity index (χ2v) is 4.40. The zero-order chi connectivity index (χ0) is 15.9. The standard InChI is InChI=1S/C15H14N4O3/c1-3-11-5-4-6-12(8-11)17-14(20)9-16-15(21)18-13-7-10(2)22-19-13/h1,4-8H,9H2,2H3,(H,17,20)(H2,16,18,19,21). The molecule has 0 aliphatic heterocycles. The summed E-state index contributed by atoms with van der Waals surface area (Å²) >= 11 is 0. The number of carbonyl (C=O) groups is 2. The second-order valence-electron chi connectivity index (χ2n) is 4.40. The summed E-state index contributed by atoms with van der Waals surface area (Å²) in [6, 6.07) is 7.86. The molecule has 1 aromatic heterocycles. The summed E-state index contributed by atoms with van der Waals surface area (Å²) < 4.78 is 4.80. The predicted octanol–water partition coefficient (Wildman–Crippen LogP) is 1.72. The summed E-state index contributed by atoms with van der Waals surface area (Å²) in [4.78, 5) is 23.3. The van der Waals surface area contributed by atoms with Crippen LogP contribution in [-0.4, -0.2) is 23.6 Å². The average molecular weight is 298 g/mol. The first kappa shape index (κ1) is 15.1. The van der Waals surface area contributed by atoms with Gasteiger partial charge in [0.15, 0.2) is 5.82 Å². The number of nitrogens with zero attached hydrogens (tertiary/aromatic N) is 1. The molecule has 0 fully saturated rings. The molecule has 0 spiro atoms. The number of terminal acetylenes is 1. The van der Waals surface area contributed by atoms with E-state index in [-0.39, 0.29) is 18.3 Å². The number of carbonyl (C=O) groups excluding carboxylic acids is 2. The van der Waals surface area contributed by atoms with Crippen molar-refractivity contribution < 1.29 is 14.1 Å². The molecule has 7 heteroatoms. The van der Waals surface area contributed by atoms with E-state index in [1.165, 1.54) is 0 Å². The Morgan fingerprint density at radius 3 is 2.82 bits per heavy atom. The number of nitrogens with one attached hydrogen (secondary N) is 3. The van der Waals surface area contributed by atoms with Gasteiger partial charge in [-0.1, -0.05) is 17.1 Å². The Balaban J connectivity index is 1.79. The molecule has 1 heterocycles. The van der Waals surface area contributed by atoms with Gasteiger partial charge in [-0.2, -0.15) is 0 Å². The first-order valence-electron chi connectivity index (χ1n) is 6.41. The van der Waals surface area contributed by atoms with Gasteiger partial charge < -0.3 is 15.2 Å². The number of rotatable bonds is 4. The lowest BCUT2D eigenvalue weighted by Gasteiger charge is -2.07. The van der Waals surface area contributed by atoms with Crippen molar-refractivity contribution in [2.75, 3.05) is 17.2 Å². The zero-order valence-electron chi connectivity index (χ0n) is 11.8. The highest BCUT2D eigenvalue weighted by Gasteiger charge is 2.08. The summed E-state index contributed by atoms with van der Waals surface area (Å²) in [5, 5.41) is 11.1. The van der Waals surface area contributed by atoms with Gasteiger partial charge in [0.25, 0.3) is 0 Å². The quantitative estimate of drug-likeness (QED) is 0.749. The number of amides is 3. The van der Waals surface area contributed by atoms with Gasteiger partial charge in [-0.05, 0) is 25.1 Å². The summed E-state index contributed by atoms with van der Waals surface area (Å²) in [7, 11) is 0. The lowest BCUT2D eigenvalue weighted by atomic mass is 10.2. The normalized spacial score (nSPS) is 9.64. The largest absolute Gasteiger partial charge is 0.360 e. The third-order valence-corrected chi connectivity index (χ3v) is 2.59. The van der Waals surface area contributed by atoms with Crippen molar-refractivity contribution in [1.29, 1.82) is 0 Å². The molecule has 22 heavy (non-hydrogen) atoms. The number of hydrogen-bond donors (Lipinski definition) is 3. The van der Waals surface area contributed by atoms with E-state index in [9.17, 15) is 9.59 Å². The van der Waals surface area contributed by atoms with Crippen molar-refractivity contribution in [2.24, 2.45) is 0 Å². The number of anilines is 2. The molecule has 0 saturated carbocycles. The molecule has 0 radical (unpaired) electrons. The van der Waals surface area contributed by atoms with Gasteiger partial charge in [0.1, 0.15) is 5.76 Å². The monoisotopic (exact) mass is 298 g/mol. The van der Waals surface area contributed by atoms with Gasteiger partial charge in [-0.15, -0.1) is 6.42 Å².